The number of aromatic carboxylic acids is 1. The Morgan fingerprint density at radius 3 is 2.68 bits per heavy atom. The lowest BCUT2D eigenvalue weighted by molar-refractivity contribution is 0.0695. The van der Waals surface area contributed by atoms with Crippen molar-refractivity contribution in [3.05, 3.63) is 35.4 Å². The molecule has 19 heavy (non-hydrogen) atoms. The molecular formula is C15H22N2O2. The molecule has 2 N–H and O–H groups in total. The first kappa shape index (κ1) is 14.0. The van der Waals surface area contributed by atoms with Gasteiger partial charge >= 0.3 is 5.97 Å². The first-order valence-electron chi connectivity index (χ1n) is 7.01. The van der Waals surface area contributed by atoms with E-state index in [1.165, 1.54) is 32.4 Å². The predicted molar refractivity (Wildman–Crippen MR) is 75.4 cm³/mol. The third-order valence-electron chi connectivity index (χ3n) is 3.62. The van der Waals surface area contributed by atoms with Crippen LogP contribution in [0, 0.1) is 0 Å². The zero-order valence-corrected chi connectivity index (χ0v) is 11.3. The first-order chi connectivity index (χ1) is 9.27. The van der Waals surface area contributed by atoms with Crippen LogP contribution < -0.4 is 5.32 Å². The second kappa shape index (κ2) is 7.26. The van der Waals surface area contributed by atoms with E-state index in [2.05, 4.69) is 10.2 Å². The Morgan fingerprint density at radius 1 is 1.21 bits per heavy atom. The Balaban J connectivity index is 1.74. The van der Waals surface area contributed by atoms with Gasteiger partial charge in [-0.05, 0) is 37.6 Å². The third kappa shape index (κ3) is 4.33. The van der Waals surface area contributed by atoms with E-state index in [1.54, 1.807) is 12.1 Å². The fourth-order valence-electron chi connectivity index (χ4n) is 2.53. The van der Waals surface area contributed by atoms with Gasteiger partial charge in [-0.25, -0.2) is 4.79 Å². The van der Waals surface area contributed by atoms with Crippen molar-refractivity contribution in [2.24, 2.45) is 0 Å². The van der Waals surface area contributed by atoms with Crippen LogP contribution in [0.2, 0.25) is 0 Å². The summed E-state index contributed by atoms with van der Waals surface area (Å²) in [5.74, 6) is -0.853. The molecule has 2 rings (SSSR count). The molecule has 4 heteroatoms. The largest absolute Gasteiger partial charge is 0.478 e. The monoisotopic (exact) mass is 262 g/mol. The molecule has 1 saturated heterocycles. The standard InChI is InChI=1S/C15H22N2O2/c18-15(19)14-7-3-2-6-13(14)12-16-8-11-17-9-4-1-5-10-17/h2-3,6-7,16H,1,4-5,8-12H2,(H,18,19). The topological polar surface area (TPSA) is 52.6 Å². The molecular weight excluding hydrogens is 240 g/mol. The highest BCUT2D eigenvalue weighted by atomic mass is 16.4. The minimum atomic E-state index is -0.853. The molecule has 1 fully saturated rings. The quantitative estimate of drug-likeness (QED) is 0.770. The van der Waals surface area contributed by atoms with Crippen LogP contribution in [0.15, 0.2) is 24.3 Å². The van der Waals surface area contributed by atoms with Crippen LogP contribution in [0.4, 0.5) is 0 Å². The van der Waals surface area contributed by atoms with Crippen molar-refractivity contribution < 1.29 is 9.90 Å². The van der Waals surface area contributed by atoms with E-state index in [1.807, 2.05) is 12.1 Å². The van der Waals surface area contributed by atoms with Gasteiger partial charge in [-0.2, -0.15) is 0 Å². The summed E-state index contributed by atoms with van der Waals surface area (Å²) in [4.78, 5) is 13.5. The Kier molecular flexibility index (Phi) is 5.36. The van der Waals surface area contributed by atoms with E-state index in [4.69, 9.17) is 5.11 Å². The van der Waals surface area contributed by atoms with Crippen LogP contribution in [0.3, 0.4) is 0 Å². The fraction of sp³-hybridized carbons (Fsp3) is 0.533. The maximum Gasteiger partial charge on any atom is 0.336 e. The normalized spacial score (nSPS) is 16.4. The highest BCUT2D eigenvalue weighted by Gasteiger charge is 2.10. The van der Waals surface area contributed by atoms with Gasteiger partial charge in [0.05, 0.1) is 5.56 Å². The number of hydrogen-bond donors (Lipinski definition) is 2. The summed E-state index contributed by atoms with van der Waals surface area (Å²) in [7, 11) is 0. The maximum absolute atomic E-state index is 11.1. The zero-order chi connectivity index (χ0) is 13.5. The molecule has 1 heterocycles. The summed E-state index contributed by atoms with van der Waals surface area (Å²) in [5.41, 5.74) is 1.25. The molecule has 0 radical (unpaired) electrons. The number of carboxylic acid groups (broad SMARTS) is 1. The SMILES string of the molecule is O=C(O)c1ccccc1CNCCN1CCCCC1. The van der Waals surface area contributed by atoms with Crippen molar-refractivity contribution in [3.8, 4) is 0 Å². The number of piperidine rings is 1. The summed E-state index contributed by atoms with van der Waals surface area (Å²) in [5, 5.41) is 12.4. The number of rotatable bonds is 6. The first-order valence-corrected chi connectivity index (χ1v) is 7.01. The Bertz CT molecular complexity index is 414. The lowest BCUT2D eigenvalue weighted by Crippen LogP contribution is -2.35. The molecule has 1 aliphatic heterocycles. The summed E-state index contributed by atoms with van der Waals surface area (Å²) in [6.07, 6.45) is 3.97. The zero-order valence-electron chi connectivity index (χ0n) is 11.3. The van der Waals surface area contributed by atoms with Crippen molar-refractivity contribution in [2.75, 3.05) is 26.2 Å². The van der Waals surface area contributed by atoms with Crippen LogP contribution in [0.25, 0.3) is 0 Å². The molecule has 104 valence electrons. The molecule has 0 aliphatic carbocycles. The van der Waals surface area contributed by atoms with E-state index in [0.717, 1.165) is 18.7 Å². The van der Waals surface area contributed by atoms with Crippen LogP contribution in [0.1, 0.15) is 35.2 Å². The molecule has 1 aromatic carbocycles. The number of benzene rings is 1. The number of nitrogens with zero attached hydrogens (tertiary/aromatic N) is 1. The lowest BCUT2D eigenvalue weighted by atomic mass is 10.1. The summed E-state index contributed by atoms with van der Waals surface area (Å²) in [6, 6.07) is 7.18. The predicted octanol–water partition coefficient (Wildman–Crippen LogP) is 1.96. The molecule has 0 unspecified atom stereocenters. The second-order valence-corrected chi connectivity index (χ2v) is 5.04. The molecule has 0 saturated carbocycles. The summed E-state index contributed by atoms with van der Waals surface area (Å²) in [6.45, 7) is 4.99. The molecule has 0 amide bonds. The van der Waals surface area contributed by atoms with Gasteiger partial charge in [0, 0.05) is 19.6 Å². The van der Waals surface area contributed by atoms with Gasteiger partial charge in [0.2, 0.25) is 0 Å². The van der Waals surface area contributed by atoms with Crippen LogP contribution >= 0.6 is 0 Å². The minimum Gasteiger partial charge on any atom is -0.478 e. The smallest absolute Gasteiger partial charge is 0.336 e. The molecule has 0 aromatic heterocycles. The Hall–Kier alpha value is -1.39. The van der Waals surface area contributed by atoms with E-state index < -0.39 is 5.97 Å². The van der Waals surface area contributed by atoms with Crippen molar-refractivity contribution in [1.29, 1.82) is 0 Å². The molecule has 1 aliphatic rings. The number of likely N-dealkylation sites (tertiary alicyclic amines) is 1. The molecule has 1 aromatic rings. The van der Waals surface area contributed by atoms with Gasteiger partial charge in [0.25, 0.3) is 0 Å². The number of nitrogens with one attached hydrogen (secondary N) is 1. The van der Waals surface area contributed by atoms with Gasteiger partial charge in [0.1, 0.15) is 0 Å². The number of carbonyl (C=O) groups is 1. The average molecular weight is 262 g/mol. The van der Waals surface area contributed by atoms with Gasteiger partial charge in [-0.1, -0.05) is 24.6 Å². The van der Waals surface area contributed by atoms with E-state index >= 15 is 0 Å². The average Bonchev–Trinajstić information content (AvgIpc) is 2.45. The number of carboxylic acids is 1. The summed E-state index contributed by atoms with van der Waals surface area (Å²) < 4.78 is 0. The van der Waals surface area contributed by atoms with Crippen LogP contribution in [-0.2, 0) is 6.54 Å². The molecule has 4 nitrogen and oxygen atoms in total. The minimum absolute atomic E-state index is 0.396. The van der Waals surface area contributed by atoms with E-state index in [0.29, 0.717) is 12.1 Å². The third-order valence-corrected chi connectivity index (χ3v) is 3.62. The number of hydrogen-bond acceptors (Lipinski definition) is 3. The van der Waals surface area contributed by atoms with Crippen molar-refractivity contribution >= 4 is 5.97 Å². The molecule has 0 atom stereocenters. The lowest BCUT2D eigenvalue weighted by Gasteiger charge is -2.26. The molecule has 0 bridgehead atoms. The Morgan fingerprint density at radius 2 is 1.95 bits per heavy atom. The van der Waals surface area contributed by atoms with E-state index in [9.17, 15) is 4.79 Å². The van der Waals surface area contributed by atoms with Crippen molar-refractivity contribution in [3.63, 3.8) is 0 Å². The van der Waals surface area contributed by atoms with Crippen LogP contribution in [-0.4, -0.2) is 42.2 Å². The highest BCUT2D eigenvalue weighted by molar-refractivity contribution is 5.89. The fourth-order valence-corrected chi connectivity index (χ4v) is 2.53. The highest BCUT2D eigenvalue weighted by Crippen LogP contribution is 2.09. The van der Waals surface area contributed by atoms with Gasteiger partial charge < -0.3 is 15.3 Å². The van der Waals surface area contributed by atoms with Crippen molar-refractivity contribution in [1.82, 2.24) is 10.2 Å². The van der Waals surface area contributed by atoms with E-state index in [-0.39, 0.29) is 0 Å². The van der Waals surface area contributed by atoms with Gasteiger partial charge in [-0.3, -0.25) is 0 Å². The molecule has 0 spiro atoms. The van der Waals surface area contributed by atoms with Gasteiger partial charge in [0.15, 0.2) is 0 Å². The van der Waals surface area contributed by atoms with Crippen molar-refractivity contribution in [2.45, 2.75) is 25.8 Å². The second-order valence-electron chi connectivity index (χ2n) is 5.04. The summed E-state index contributed by atoms with van der Waals surface area (Å²) >= 11 is 0. The Labute approximate surface area is 114 Å². The van der Waals surface area contributed by atoms with Crippen LogP contribution in [0.5, 0.6) is 0 Å². The maximum atomic E-state index is 11.1. The van der Waals surface area contributed by atoms with Gasteiger partial charge in [-0.15, -0.1) is 0 Å².